The van der Waals surface area contributed by atoms with Gasteiger partial charge in [-0.15, -0.1) is 0 Å². The number of hydrogen-bond acceptors (Lipinski definition) is 6. The number of phenolic OH excluding ortho intramolecular Hbond substituents is 1. The number of methoxy groups -OCH3 is 3. The Bertz CT molecular complexity index is 857. The molecule has 0 atom stereocenters. The second kappa shape index (κ2) is 6.39. The van der Waals surface area contributed by atoms with Gasteiger partial charge in [0.05, 0.1) is 26.9 Å². The SMILES string of the molecule is COc1cc(C=C2Oc3cc(O)cc(C)c3C2=O)cc(OC)c1OC. The van der Waals surface area contributed by atoms with Crippen LogP contribution in [0.1, 0.15) is 21.5 Å². The summed E-state index contributed by atoms with van der Waals surface area (Å²) in [6.07, 6.45) is 1.60. The summed E-state index contributed by atoms with van der Waals surface area (Å²) < 4.78 is 21.5. The van der Waals surface area contributed by atoms with Crippen LogP contribution in [0.5, 0.6) is 28.7 Å². The molecule has 0 saturated carbocycles. The summed E-state index contributed by atoms with van der Waals surface area (Å²) in [4.78, 5) is 12.6. The van der Waals surface area contributed by atoms with Crippen molar-refractivity contribution in [3.05, 3.63) is 46.7 Å². The Kier molecular flexibility index (Phi) is 4.27. The number of hydrogen-bond donors (Lipinski definition) is 1. The van der Waals surface area contributed by atoms with Gasteiger partial charge >= 0.3 is 0 Å². The Morgan fingerprint density at radius 2 is 1.64 bits per heavy atom. The molecule has 1 aliphatic rings. The minimum Gasteiger partial charge on any atom is -0.508 e. The van der Waals surface area contributed by atoms with Crippen molar-refractivity contribution in [1.82, 2.24) is 0 Å². The number of ether oxygens (including phenoxy) is 4. The van der Waals surface area contributed by atoms with Gasteiger partial charge in [0.15, 0.2) is 17.3 Å². The average molecular weight is 342 g/mol. The van der Waals surface area contributed by atoms with Crippen LogP contribution in [0.2, 0.25) is 0 Å². The highest BCUT2D eigenvalue weighted by Crippen LogP contribution is 2.40. The van der Waals surface area contributed by atoms with E-state index in [0.717, 1.165) is 0 Å². The zero-order valence-corrected chi connectivity index (χ0v) is 14.4. The average Bonchev–Trinajstić information content (AvgIpc) is 2.89. The molecule has 2 aromatic carbocycles. The zero-order valence-electron chi connectivity index (χ0n) is 14.4. The highest BCUT2D eigenvalue weighted by molar-refractivity contribution is 6.15. The van der Waals surface area contributed by atoms with Crippen molar-refractivity contribution >= 4 is 11.9 Å². The van der Waals surface area contributed by atoms with Gasteiger partial charge < -0.3 is 24.1 Å². The molecule has 0 bridgehead atoms. The molecule has 1 N–H and O–H groups in total. The summed E-state index contributed by atoms with van der Waals surface area (Å²) in [5.74, 6) is 1.75. The summed E-state index contributed by atoms with van der Waals surface area (Å²) in [5, 5.41) is 9.68. The van der Waals surface area contributed by atoms with Crippen molar-refractivity contribution in [1.29, 1.82) is 0 Å². The van der Waals surface area contributed by atoms with Crippen molar-refractivity contribution in [2.24, 2.45) is 0 Å². The van der Waals surface area contributed by atoms with Gasteiger partial charge in [0.1, 0.15) is 11.5 Å². The Morgan fingerprint density at radius 3 is 2.20 bits per heavy atom. The monoisotopic (exact) mass is 342 g/mol. The molecule has 3 rings (SSSR count). The molecule has 0 aromatic heterocycles. The molecule has 0 unspecified atom stereocenters. The van der Waals surface area contributed by atoms with E-state index in [2.05, 4.69) is 0 Å². The standard InChI is InChI=1S/C19H18O6/c1-10-5-12(20)9-13-17(10)18(21)14(25-13)6-11-7-15(22-2)19(24-4)16(8-11)23-3/h5-9,20H,1-4H3. The van der Waals surface area contributed by atoms with E-state index in [1.165, 1.54) is 33.5 Å². The number of fused-ring (bicyclic) bond motifs is 1. The maximum absolute atomic E-state index is 12.6. The number of phenols is 1. The van der Waals surface area contributed by atoms with Crippen LogP contribution in [0.25, 0.3) is 6.08 Å². The first-order valence-corrected chi connectivity index (χ1v) is 7.56. The van der Waals surface area contributed by atoms with Crippen molar-refractivity contribution in [2.75, 3.05) is 21.3 Å². The lowest BCUT2D eigenvalue weighted by atomic mass is 10.0. The second-order valence-corrected chi connectivity index (χ2v) is 5.53. The predicted molar refractivity (Wildman–Crippen MR) is 91.9 cm³/mol. The van der Waals surface area contributed by atoms with Crippen molar-refractivity contribution < 1.29 is 28.8 Å². The van der Waals surface area contributed by atoms with Crippen LogP contribution in [-0.2, 0) is 0 Å². The first-order chi connectivity index (χ1) is 12.0. The van der Waals surface area contributed by atoms with Gasteiger partial charge in [-0.2, -0.15) is 0 Å². The Labute approximate surface area is 145 Å². The van der Waals surface area contributed by atoms with Gasteiger partial charge in [0.25, 0.3) is 0 Å². The van der Waals surface area contributed by atoms with Crippen molar-refractivity contribution in [3.8, 4) is 28.7 Å². The number of Topliss-reactive ketones (excluding diaryl/α,β-unsaturated/α-hetero) is 1. The highest BCUT2D eigenvalue weighted by atomic mass is 16.5. The van der Waals surface area contributed by atoms with Crippen LogP contribution in [0, 0.1) is 6.92 Å². The number of carbonyl (C=O) groups excluding carboxylic acids is 1. The minimum atomic E-state index is -0.235. The van der Waals surface area contributed by atoms with Crippen LogP contribution in [0.4, 0.5) is 0 Å². The molecule has 25 heavy (non-hydrogen) atoms. The molecule has 1 heterocycles. The lowest BCUT2D eigenvalue weighted by Crippen LogP contribution is -2.00. The third-order valence-corrected chi connectivity index (χ3v) is 3.94. The van der Waals surface area contributed by atoms with Gasteiger partial charge in [0.2, 0.25) is 11.5 Å². The Hall–Kier alpha value is -3.15. The van der Waals surface area contributed by atoms with E-state index in [1.54, 1.807) is 25.1 Å². The molecule has 6 heteroatoms. The van der Waals surface area contributed by atoms with E-state index < -0.39 is 0 Å². The number of aromatic hydroxyl groups is 1. The largest absolute Gasteiger partial charge is 0.508 e. The predicted octanol–water partition coefficient (Wildman–Crippen LogP) is 3.34. The first kappa shape index (κ1) is 16.7. The summed E-state index contributed by atoms with van der Waals surface area (Å²) in [6.45, 7) is 1.75. The number of rotatable bonds is 4. The fourth-order valence-electron chi connectivity index (χ4n) is 2.83. The molecule has 0 fully saturated rings. The number of allylic oxidation sites excluding steroid dienone is 1. The van der Waals surface area contributed by atoms with Crippen LogP contribution in [-0.4, -0.2) is 32.2 Å². The number of ketones is 1. The van der Waals surface area contributed by atoms with Crippen molar-refractivity contribution in [2.45, 2.75) is 6.92 Å². The molecule has 1 aliphatic heterocycles. The maximum atomic E-state index is 12.6. The fraction of sp³-hybridized carbons (Fsp3) is 0.211. The van der Waals surface area contributed by atoms with E-state index in [1.807, 2.05) is 0 Å². The minimum absolute atomic E-state index is 0.0538. The summed E-state index contributed by atoms with van der Waals surface area (Å²) >= 11 is 0. The molecule has 130 valence electrons. The number of carbonyl (C=O) groups is 1. The lowest BCUT2D eigenvalue weighted by molar-refractivity contribution is 0.101. The molecule has 6 nitrogen and oxygen atoms in total. The van der Waals surface area contributed by atoms with Crippen LogP contribution in [0.15, 0.2) is 30.0 Å². The van der Waals surface area contributed by atoms with E-state index in [9.17, 15) is 9.90 Å². The van der Waals surface area contributed by atoms with Gasteiger partial charge in [-0.25, -0.2) is 0 Å². The maximum Gasteiger partial charge on any atom is 0.232 e. The first-order valence-electron chi connectivity index (χ1n) is 7.56. The fourth-order valence-corrected chi connectivity index (χ4v) is 2.83. The lowest BCUT2D eigenvalue weighted by Gasteiger charge is -2.13. The van der Waals surface area contributed by atoms with E-state index in [-0.39, 0.29) is 17.3 Å². The van der Waals surface area contributed by atoms with Gasteiger partial charge in [0, 0.05) is 6.07 Å². The summed E-state index contributed by atoms with van der Waals surface area (Å²) in [6, 6.07) is 6.40. The smallest absolute Gasteiger partial charge is 0.232 e. The van der Waals surface area contributed by atoms with Crippen LogP contribution in [0.3, 0.4) is 0 Å². The third kappa shape index (κ3) is 2.87. The van der Waals surface area contributed by atoms with Gasteiger partial charge in [-0.3, -0.25) is 4.79 Å². The van der Waals surface area contributed by atoms with E-state index >= 15 is 0 Å². The van der Waals surface area contributed by atoms with E-state index in [0.29, 0.717) is 39.7 Å². The van der Waals surface area contributed by atoms with Crippen LogP contribution < -0.4 is 18.9 Å². The van der Waals surface area contributed by atoms with Gasteiger partial charge in [-0.05, 0) is 42.3 Å². The third-order valence-electron chi connectivity index (χ3n) is 3.94. The summed E-state index contributed by atoms with van der Waals surface area (Å²) in [7, 11) is 4.56. The Morgan fingerprint density at radius 1 is 1.00 bits per heavy atom. The molecule has 0 spiro atoms. The molecule has 2 aromatic rings. The van der Waals surface area contributed by atoms with Crippen LogP contribution >= 0.6 is 0 Å². The molecule has 0 amide bonds. The van der Waals surface area contributed by atoms with E-state index in [4.69, 9.17) is 18.9 Å². The summed E-state index contributed by atoms with van der Waals surface area (Å²) in [5.41, 5.74) is 1.78. The molecule has 0 aliphatic carbocycles. The molecular formula is C19H18O6. The van der Waals surface area contributed by atoms with Crippen molar-refractivity contribution in [3.63, 3.8) is 0 Å². The quantitative estimate of drug-likeness (QED) is 0.859. The normalized spacial score (nSPS) is 14.2. The second-order valence-electron chi connectivity index (χ2n) is 5.53. The zero-order chi connectivity index (χ0) is 18.1. The molecular weight excluding hydrogens is 324 g/mol. The Balaban J connectivity index is 2.05. The number of aryl methyl sites for hydroxylation is 1. The number of benzene rings is 2. The van der Waals surface area contributed by atoms with Gasteiger partial charge in [-0.1, -0.05) is 0 Å². The molecule has 0 radical (unpaired) electrons. The molecule has 0 saturated heterocycles. The highest BCUT2D eigenvalue weighted by Gasteiger charge is 2.30. The topological polar surface area (TPSA) is 74.2 Å².